The Morgan fingerprint density at radius 1 is 0.524 bits per heavy atom. The van der Waals surface area contributed by atoms with Crippen LogP contribution in [0.5, 0.6) is 0 Å². The number of rotatable bonds is 3. The van der Waals surface area contributed by atoms with Crippen LogP contribution < -0.4 is 5.32 Å². The lowest BCUT2D eigenvalue weighted by Crippen LogP contribution is -2.24. The molecule has 1 N–H and O–H groups in total. The van der Waals surface area contributed by atoms with E-state index in [1.54, 1.807) is 0 Å². The van der Waals surface area contributed by atoms with Crippen LogP contribution in [0.25, 0.3) is 53.1 Å². The molecule has 1 unspecified atom stereocenters. The van der Waals surface area contributed by atoms with Crippen molar-refractivity contribution in [2.24, 2.45) is 4.99 Å². The molecular weight excluding hydrogens is 531 g/mol. The first-order chi connectivity index (χ1) is 20.8. The van der Waals surface area contributed by atoms with Crippen molar-refractivity contribution in [1.82, 2.24) is 4.57 Å². The van der Waals surface area contributed by atoms with Crippen LogP contribution in [0, 0.1) is 0 Å². The van der Waals surface area contributed by atoms with Gasteiger partial charge in [0.15, 0.2) is 0 Å². The van der Waals surface area contributed by atoms with E-state index in [-0.39, 0.29) is 6.29 Å². The Morgan fingerprint density at radius 2 is 1.21 bits per heavy atom. The number of aromatic nitrogens is 1. The fraction of sp³-hybridized carbons (Fsp3) is 0.0263. The van der Waals surface area contributed by atoms with E-state index in [0.717, 1.165) is 22.5 Å². The highest BCUT2D eigenvalue weighted by Crippen LogP contribution is 2.42. The van der Waals surface area contributed by atoms with Crippen molar-refractivity contribution in [1.29, 1.82) is 0 Å². The van der Waals surface area contributed by atoms with Crippen LogP contribution in [0.4, 0.5) is 5.69 Å². The van der Waals surface area contributed by atoms with E-state index in [9.17, 15) is 0 Å². The van der Waals surface area contributed by atoms with E-state index < -0.39 is 0 Å². The third-order valence-electron chi connectivity index (χ3n) is 8.44. The van der Waals surface area contributed by atoms with Gasteiger partial charge >= 0.3 is 0 Å². The van der Waals surface area contributed by atoms with Gasteiger partial charge in [-0.05, 0) is 41.5 Å². The Balaban J connectivity index is 1.26. The van der Waals surface area contributed by atoms with E-state index in [0.29, 0.717) is 0 Å². The van der Waals surface area contributed by atoms with Gasteiger partial charge in [-0.25, -0.2) is 4.99 Å². The molecule has 1 aliphatic rings. The van der Waals surface area contributed by atoms with Gasteiger partial charge < -0.3 is 9.88 Å². The number of aliphatic imine (C=N–C) groups is 1. The molecule has 1 atom stereocenters. The second-order valence-corrected chi connectivity index (χ2v) is 11.9. The first-order valence-corrected chi connectivity index (χ1v) is 15.1. The van der Waals surface area contributed by atoms with Gasteiger partial charge in [-0.1, -0.05) is 109 Å². The third kappa shape index (κ3) is 3.55. The molecule has 2 aromatic heterocycles. The first-order valence-electron chi connectivity index (χ1n) is 14.3. The van der Waals surface area contributed by atoms with E-state index in [4.69, 9.17) is 4.99 Å². The average Bonchev–Trinajstić information content (AvgIpc) is 3.58. The fourth-order valence-electron chi connectivity index (χ4n) is 6.46. The lowest BCUT2D eigenvalue weighted by molar-refractivity contribution is 0.625. The molecule has 1 aliphatic heterocycles. The van der Waals surface area contributed by atoms with E-state index in [1.807, 2.05) is 11.3 Å². The largest absolute Gasteiger partial charge is 0.346 e. The topological polar surface area (TPSA) is 29.3 Å². The molecule has 3 heterocycles. The molecule has 0 fully saturated rings. The molecule has 9 rings (SSSR count). The van der Waals surface area contributed by atoms with E-state index in [2.05, 4.69) is 149 Å². The Bertz CT molecular complexity index is 2320. The maximum absolute atomic E-state index is 5.44. The zero-order valence-corrected chi connectivity index (χ0v) is 23.5. The average molecular weight is 556 g/mol. The van der Waals surface area contributed by atoms with E-state index in [1.165, 1.54) is 53.1 Å². The Hall–Kier alpha value is -5.19. The molecule has 42 heavy (non-hydrogen) atoms. The van der Waals surface area contributed by atoms with Gasteiger partial charge in [-0.3, -0.25) is 0 Å². The van der Waals surface area contributed by atoms with Crippen LogP contribution in [-0.4, -0.2) is 10.3 Å². The summed E-state index contributed by atoms with van der Waals surface area (Å²) in [6, 6.07) is 50.0. The predicted molar refractivity (Wildman–Crippen MR) is 179 cm³/mol. The number of benzene rings is 6. The molecule has 0 amide bonds. The van der Waals surface area contributed by atoms with Crippen molar-refractivity contribution >= 4 is 64.7 Å². The standard InChI is InChI=1S/C38H25N3S/c1-2-10-24(11-3-1)25-18-20-26(21-19-25)37-29-14-4-7-15-32(29)39-38(40-37)41-33-16-8-5-12-27(33)30-23-36-31(22-34(30)41)28-13-6-9-17-35(28)42-36/h1-23,38-39H. The second-order valence-electron chi connectivity index (χ2n) is 10.8. The SMILES string of the molecule is c1ccc(-c2ccc(C3=NC(n4c5ccccc5c5cc6sc7ccccc7c6cc54)Nc4ccccc43)cc2)cc1. The number of anilines is 1. The van der Waals surface area contributed by atoms with E-state index >= 15 is 0 Å². The summed E-state index contributed by atoms with van der Waals surface area (Å²) in [6.45, 7) is 0. The highest BCUT2D eigenvalue weighted by molar-refractivity contribution is 7.25. The molecule has 8 aromatic rings. The monoisotopic (exact) mass is 555 g/mol. The molecule has 198 valence electrons. The van der Waals surface area contributed by atoms with Gasteiger partial charge in [0.05, 0.1) is 16.7 Å². The normalized spacial score (nSPS) is 14.8. The van der Waals surface area contributed by atoms with Crippen LogP contribution in [0.15, 0.2) is 145 Å². The summed E-state index contributed by atoms with van der Waals surface area (Å²) in [5, 5.41) is 8.88. The van der Waals surface area contributed by atoms with Crippen molar-refractivity contribution in [3.05, 3.63) is 151 Å². The Kier molecular flexibility index (Phi) is 5.13. The molecule has 0 aliphatic carbocycles. The van der Waals surface area contributed by atoms with Gasteiger partial charge in [0.2, 0.25) is 6.29 Å². The number of nitrogens with zero attached hydrogens (tertiary/aromatic N) is 2. The zero-order chi connectivity index (χ0) is 27.6. The van der Waals surface area contributed by atoms with Gasteiger partial charge in [-0.2, -0.15) is 0 Å². The van der Waals surface area contributed by atoms with Gasteiger partial charge in [0, 0.05) is 47.8 Å². The summed E-state index contributed by atoms with van der Waals surface area (Å²) in [7, 11) is 0. The summed E-state index contributed by atoms with van der Waals surface area (Å²) in [6.07, 6.45) is -0.298. The number of fused-ring (bicyclic) bond motifs is 7. The molecular formula is C38H25N3S. The third-order valence-corrected chi connectivity index (χ3v) is 9.57. The number of hydrogen-bond acceptors (Lipinski definition) is 3. The lowest BCUT2D eigenvalue weighted by atomic mass is 9.96. The van der Waals surface area contributed by atoms with Crippen LogP contribution in [0.3, 0.4) is 0 Å². The minimum Gasteiger partial charge on any atom is -0.346 e. The molecule has 3 nitrogen and oxygen atoms in total. The predicted octanol–water partition coefficient (Wildman–Crippen LogP) is 10.2. The molecule has 0 saturated heterocycles. The maximum atomic E-state index is 5.44. The number of para-hydroxylation sites is 2. The number of hydrogen-bond donors (Lipinski definition) is 1. The van der Waals surface area contributed by atoms with Crippen LogP contribution >= 0.6 is 11.3 Å². The van der Waals surface area contributed by atoms with Gasteiger partial charge in [0.1, 0.15) is 0 Å². The van der Waals surface area contributed by atoms with Crippen molar-refractivity contribution in [3.63, 3.8) is 0 Å². The minimum atomic E-state index is -0.298. The maximum Gasteiger partial charge on any atom is 0.201 e. The van der Waals surface area contributed by atoms with Crippen molar-refractivity contribution in [2.75, 3.05) is 5.32 Å². The molecule has 0 spiro atoms. The van der Waals surface area contributed by atoms with Crippen molar-refractivity contribution in [2.45, 2.75) is 6.29 Å². The summed E-state index contributed by atoms with van der Waals surface area (Å²) in [4.78, 5) is 5.44. The molecule has 6 aromatic carbocycles. The number of nitrogens with one attached hydrogen (secondary N) is 1. The summed E-state index contributed by atoms with van der Waals surface area (Å²) in [5.74, 6) is 0. The highest BCUT2D eigenvalue weighted by atomic mass is 32.1. The quantitative estimate of drug-likeness (QED) is 0.231. The van der Waals surface area contributed by atoms with Crippen molar-refractivity contribution < 1.29 is 0 Å². The molecule has 4 heteroatoms. The fourth-order valence-corrected chi connectivity index (χ4v) is 7.59. The summed E-state index contributed by atoms with van der Waals surface area (Å²) >= 11 is 1.87. The Labute approximate surface area is 247 Å². The van der Waals surface area contributed by atoms with Crippen LogP contribution in [-0.2, 0) is 0 Å². The highest BCUT2D eigenvalue weighted by Gasteiger charge is 2.25. The lowest BCUT2D eigenvalue weighted by Gasteiger charge is -2.28. The van der Waals surface area contributed by atoms with Crippen LogP contribution in [0.2, 0.25) is 0 Å². The smallest absolute Gasteiger partial charge is 0.201 e. The summed E-state index contributed by atoms with van der Waals surface area (Å²) < 4.78 is 5.02. The minimum absolute atomic E-state index is 0.298. The van der Waals surface area contributed by atoms with Crippen LogP contribution in [0.1, 0.15) is 17.4 Å². The first kappa shape index (κ1) is 23.5. The summed E-state index contributed by atoms with van der Waals surface area (Å²) in [5.41, 5.74) is 9.10. The van der Waals surface area contributed by atoms with Gasteiger partial charge in [-0.15, -0.1) is 11.3 Å². The van der Waals surface area contributed by atoms with Crippen molar-refractivity contribution in [3.8, 4) is 11.1 Å². The molecule has 0 bridgehead atoms. The molecule has 0 saturated carbocycles. The number of thiophene rings is 1. The Morgan fingerprint density at radius 3 is 2.10 bits per heavy atom. The van der Waals surface area contributed by atoms with Gasteiger partial charge in [0.25, 0.3) is 0 Å². The zero-order valence-electron chi connectivity index (χ0n) is 22.7. The molecule has 0 radical (unpaired) electrons. The second kappa shape index (κ2) is 9.16.